The van der Waals surface area contributed by atoms with Gasteiger partial charge in [0.25, 0.3) is 0 Å². The summed E-state index contributed by atoms with van der Waals surface area (Å²) < 4.78 is 5.95. The Kier molecular flexibility index (Phi) is 4.26. The second-order valence-corrected chi connectivity index (χ2v) is 5.95. The fraction of sp³-hybridized carbons (Fsp3) is 0.333. The highest BCUT2D eigenvalue weighted by molar-refractivity contribution is 5.24. The van der Waals surface area contributed by atoms with Gasteiger partial charge in [-0.25, -0.2) is 0 Å². The zero-order valence-electron chi connectivity index (χ0n) is 12.0. The second-order valence-electron chi connectivity index (χ2n) is 5.95. The van der Waals surface area contributed by atoms with E-state index in [1.165, 1.54) is 5.56 Å². The van der Waals surface area contributed by atoms with E-state index in [1.54, 1.807) is 0 Å². The van der Waals surface area contributed by atoms with Crippen molar-refractivity contribution in [2.75, 3.05) is 6.61 Å². The first kappa shape index (κ1) is 13.7. The van der Waals surface area contributed by atoms with E-state index in [-0.39, 0.29) is 5.41 Å². The molecule has 0 fully saturated rings. The van der Waals surface area contributed by atoms with E-state index in [1.807, 2.05) is 30.3 Å². The molecule has 0 aromatic heterocycles. The van der Waals surface area contributed by atoms with Crippen molar-refractivity contribution in [3.05, 3.63) is 66.2 Å². The summed E-state index contributed by atoms with van der Waals surface area (Å²) in [6.07, 6.45) is 0. The van der Waals surface area contributed by atoms with Gasteiger partial charge in [-0.3, -0.25) is 0 Å². The van der Waals surface area contributed by atoms with Gasteiger partial charge in [0.1, 0.15) is 5.75 Å². The third-order valence-electron chi connectivity index (χ3n) is 3.41. The zero-order valence-corrected chi connectivity index (χ0v) is 12.0. The summed E-state index contributed by atoms with van der Waals surface area (Å²) >= 11 is 0. The van der Waals surface area contributed by atoms with Crippen LogP contribution in [0.2, 0.25) is 0 Å². The van der Waals surface area contributed by atoms with Crippen LogP contribution in [-0.4, -0.2) is 6.61 Å². The summed E-state index contributed by atoms with van der Waals surface area (Å²) in [6, 6.07) is 20.6. The van der Waals surface area contributed by atoms with Gasteiger partial charge in [0.05, 0.1) is 6.61 Å². The van der Waals surface area contributed by atoms with E-state index < -0.39 is 0 Å². The van der Waals surface area contributed by atoms with Gasteiger partial charge in [0.15, 0.2) is 0 Å². The molecule has 1 atom stereocenters. The Morgan fingerprint density at radius 1 is 0.842 bits per heavy atom. The summed E-state index contributed by atoms with van der Waals surface area (Å²) in [5.74, 6) is 1.32. The lowest BCUT2D eigenvalue weighted by Crippen LogP contribution is -2.24. The molecule has 0 spiro atoms. The van der Waals surface area contributed by atoms with E-state index in [0.29, 0.717) is 12.5 Å². The van der Waals surface area contributed by atoms with Gasteiger partial charge < -0.3 is 4.74 Å². The van der Waals surface area contributed by atoms with Crippen LogP contribution in [0.3, 0.4) is 0 Å². The number of ether oxygens (including phenoxy) is 1. The highest BCUT2D eigenvalue weighted by Gasteiger charge is 2.26. The highest BCUT2D eigenvalue weighted by Crippen LogP contribution is 2.35. The summed E-state index contributed by atoms with van der Waals surface area (Å²) in [5, 5.41) is 0. The third kappa shape index (κ3) is 3.85. The number of benzene rings is 2. The molecule has 2 aromatic rings. The van der Waals surface area contributed by atoms with Crippen LogP contribution in [-0.2, 0) is 0 Å². The quantitative estimate of drug-likeness (QED) is 0.754. The molecule has 0 bridgehead atoms. The van der Waals surface area contributed by atoms with Crippen LogP contribution in [0.5, 0.6) is 5.75 Å². The molecule has 0 saturated heterocycles. The van der Waals surface area contributed by atoms with Gasteiger partial charge in [-0.05, 0) is 23.1 Å². The fourth-order valence-electron chi connectivity index (χ4n) is 2.23. The lowest BCUT2D eigenvalue weighted by Gasteiger charge is -2.31. The average Bonchev–Trinajstić information content (AvgIpc) is 2.40. The first-order valence-corrected chi connectivity index (χ1v) is 6.80. The molecule has 0 aliphatic carbocycles. The van der Waals surface area contributed by atoms with E-state index in [9.17, 15) is 0 Å². The molecule has 0 heterocycles. The summed E-state index contributed by atoms with van der Waals surface area (Å²) in [6.45, 7) is 7.49. The summed E-state index contributed by atoms with van der Waals surface area (Å²) in [4.78, 5) is 0. The van der Waals surface area contributed by atoms with Crippen molar-refractivity contribution in [2.45, 2.75) is 26.7 Å². The van der Waals surface area contributed by atoms with Crippen molar-refractivity contribution in [2.24, 2.45) is 5.41 Å². The molecule has 0 aliphatic rings. The molecular weight excluding hydrogens is 232 g/mol. The van der Waals surface area contributed by atoms with Crippen LogP contribution in [0.1, 0.15) is 32.3 Å². The van der Waals surface area contributed by atoms with Crippen molar-refractivity contribution < 1.29 is 4.74 Å². The van der Waals surface area contributed by atoms with Gasteiger partial charge >= 0.3 is 0 Å². The van der Waals surface area contributed by atoms with Gasteiger partial charge in [0.2, 0.25) is 0 Å². The molecule has 100 valence electrons. The van der Waals surface area contributed by atoms with Crippen molar-refractivity contribution in [3.8, 4) is 5.75 Å². The first-order valence-electron chi connectivity index (χ1n) is 6.80. The molecule has 0 amide bonds. The van der Waals surface area contributed by atoms with Crippen LogP contribution in [0.4, 0.5) is 0 Å². The van der Waals surface area contributed by atoms with Crippen molar-refractivity contribution >= 4 is 0 Å². The predicted molar refractivity (Wildman–Crippen MR) is 80.6 cm³/mol. The van der Waals surface area contributed by atoms with Crippen LogP contribution >= 0.6 is 0 Å². The topological polar surface area (TPSA) is 9.23 Å². The minimum atomic E-state index is 0.177. The van der Waals surface area contributed by atoms with Crippen molar-refractivity contribution in [1.82, 2.24) is 0 Å². The molecule has 0 saturated carbocycles. The van der Waals surface area contributed by atoms with E-state index in [0.717, 1.165) is 5.75 Å². The molecule has 1 unspecified atom stereocenters. The minimum absolute atomic E-state index is 0.177. The van der Waals surface area contributed by atoms with Crippen molar-refractivity contribution in [1.29, 1.82) is 0 Å². The van der Waals surface area contributed by atoms with Gasteiger partial charge in [-0.1, -0.05) is 69.3 Å². The molecule has 2 rings (SSSR count). The number of rotatable bonds is 4. The Bertz CT molecular complexity index is 482. The molecular formula is C18H22O. The number of para-hydroxylation sites is 1. The Morgan fingerprint density at radius 2 is 1.37 bits per heavy atom. The summed E-state index contributed by atoms with van der Waals surface area (Å²) in [5.41, 5.74) is 1.52. The van der Waals surface area contributed by atoms with Gasteiger partial charge in [-0.15, -0.1) is 0 Å². The first-order chi connectivity index (χ1) is 9.07. The van der Waals surface area contributed by atoms with E-state index >= 15 is 0 Å². The molecule has 0 N–H and O–H groups in total. The van der Waals surface area contributed by atoms with Gasteiger partial charge in [-0.2, -0.15) is 0 Å². The maximum atomic E-state index is 5.95. The monoisotopic (exact) mass is 254 g/mol. The Labute approximate surface area is 116 Å². The van der Waals surface area contributed by atoms with Crippen LogP contribution in [0, 0.1) is 5.41 Å². The van der Waals surface area contributed by atoms with Crippen LogP contribution in [0.15, 0.2) is 60.7 Å². The maximum Gasteiger partial charge on any atom is 0.119 e. The average molecular weight is 254 g/mol. The summed E-state index contributed by atoms with van der Waals surface area (Å²) in [7, 11) is 0. The van der Waals surface area contributed by atoms with Crippen LogP contribution in [0.25, 0.3) is 0 Å². The fourth-order valence-corrected chi connectivity index (χ4v) is 2.23. The standard InChI is InChI=1S/C18H22O/c1-18(2,3)17(15-10-6-4-7-11-15)14-19-16-12-8-5-9-13-16/h4-13,17H,14H2,1-3H3. The van der Waals surface area contributed by atoms with Gasteiger partial charge in [0, 0.05) is 5.92 Å². The predicted octanol–water partition coefficient (Wildman–Crippen LogP) is 4.90. The van der Waals surface area contributed by atoms with Crippen LogP contribution < -0.4 is 4.74 Å². The molecule has 19 heavy (non-hydrogen) atoms. The Morgan fingerprint density at radius 3 is 1.89 bits per heavy atom. The lowest BCUT2D eigenvalue weighted by molar-refractivity contribution is 0.203. The lowest BCUT2D eigenvalue weighted by atomic mass is 9.77. The molecule has 1 heteroatoms. The molecule has 1 nitrogen and oxygen atoms in total. The molecule has 2 aromatic carbocycles. The highest BCUT2D eigenvalue weighted by atomic mass is 16.5. The molecule has 0 radical (unpaired) electrons. The van der Waals surface area contributed by atoms with E-state index in [4.69, 9.17) is 4.74 Å². The second kappa shape index (κ2) is 5.92. The Hall–Kier alpha value is -1.76. The number of hydrogen-bond donors (Lipinski definition) is 0. The normalized spacial score (nSPS) is 13.0. The Balaban J connectivity index is 2.12. The smallest absolute Gasteiger partial charge is 0.119 e. The minimum Gasteiger partial charge on any atom is -0.493 e. The zero-order chi connectivity index (χ0) is 13.7. The molecule has 0 aliphatic heterocycles. The van der Waals surface area contributed by atoms with Crippen molar-refractivity contribution in [3.63, 3.8) is 0 Å². The number of hydrogen-bond acceptors (Lipinski definition) is 1. The largest absolute Gasteiger partial charge is 0.493 e. The van der Waals surface area contributed by atoms with E-state index in [2.05, 4.69) is 51.1 Å². The SMILES string of the molecule is CC(C)(C)C(COc1ccccc1)c1ccccc1. The maximum absolute atomic E-state index is 5.95. The third-order valence-corrected chi connectivity index (χ3v) is 3.41.